The fourth-order valence-corrected chi connectivity index (χ4v) is 1.12. The molecule has 2 aliphatic carbocycles. The first kappa shape index (κ1) is 4.30. The zero-order valence-electron chi connectivity index (χ0n) is 4.47. The standard InChI is InChI=1S/C7H7F/c8-7-2-1-5-3-6(5)4-7/h1-2,4-6H,3H2. The highest BCUT2D eigenvalue weighted by atomic mass is 19.1. The molecule has 1 saturated carbocycles. The van der Waals surface area contributed by atoms with E-state index in [1.54, 1.807) is 12.2 Å². The van der Waals surface area contributed by atoms with Gasteiger partial charge in [0.15, 0.2) is 0 Å². The van der Waals surface area contributed by atoms with Gasteiger partial charge >= 0.3 is 0 Å². The summed E-state index contributed by atoms with van der Waals surface area (Å²) in [5.74, 6) is 1.19. The van der Waals surface area contributed by atoms with Gasteiger partial charge in [0.2, 0.25) is 0 Å². The van der Waals surface area contributed by atoms with E-state index < -0.39 is 0 Å². The predicted molar refractivity (Wildman–Crippen MR) is 29.9 cm³/mol. The minimum Gasteiger partial charge on any atom is -0.207 e. The van der Waals surface area contributed by atoms with Crippen molar-refractivity contribution in [2.75, 3.05) is 0 Å². The van der Waals surface area contributed by atoms with E-state index in [1.165, 1.54) is 6.42 Å². The van der Waals surface area contributed by atoms with Gasteiger partial charge in [-0.3, -0.25) is 0 Å². The quantitative estimate of drug-likeness (QED) is 0.447. The van der Waals surface area contributed by atoms with Gasteiger partial charge in [-0.25, -0.2) is 4.39 Å². The van der Waals surface area contributed by atoms with Crippen molar-refractivity contribution in [1.29, 1.82) is 0 Å². The molecule has 2 atom stereocenters. The smallest absolute Gasteiger partial charge is 0.119 e. The van der Waals surface area contributed by atoms with E-state index in [-0.39, 0.29) is 5.83 Å². The molecule has 0 spiro atoms. The van der Waals surface area contributed by atoms with Crippen LogP contribution < -0.4 is 0 Å². The predicted octanol–water partition coefficient (Wildman–Crippen LogP) is 2.05. The molecule has 0 radical (unpaired) electrons. The normalized spacial score (nSPS) is 40.9. The van der Waals surface area contributed by atoms with Gasteiger partial charge in [0, 0.05) is 0 Å². The summed E-state index contributed by atoms with van der Waals surface area (Å²) in [6.07, 6.45) is 6.41. The Hall–Kier alpha value is -0.590. The number of fused-ring (bicyclic) bond motifs is 1. The number of hydrogen-bond acceptors (Lipinski definition) is 0. The molecule has 0 aromatic carbocycles. The van der Waals surface area contributed by atoms with Crippen LogP contribution in [0.5, 0.6) is 0 Å². The summed E-state index contributed by atoms with van der Waals surface area (Å²) in [6, 6.07) is 0. The van der Waals surface area contributed by atoms with Crippen LogP contribution in [0.4, 0.5) is 4.39 Å². The van der Waals surface area contributed by atoms with Crippen molar-refractivity contribution in [1.82, 2.24) is 0 Å². The van der Waals surface area contributed by atoms with Gasteiger partial charge in [-0.2, -0.15) is 0 Å². The Morgan fingerprint density at radius 2 is 2.38 bits per heavy atom. The maximum Gasteiger partial charge on any atom is 0.119 e. The molecular formula is C7H7F. The van der Waals surface area contributed by atoms with Crippen LogP contribution in [-0.2, 0) is 0 Å². The van der Waals surface area contributed by atoms with Gasteiger partial charge in [0.25, 0.3) is 0 Å². The Labute approximate surface area is 47.7 Å². The highest BCUT2D eigenvalue weighted by Gasteiger charge is 2.34. The molecule has 0 N–H and O–H groups in total. The second kappa shape index (κ2) is 1.22. The average Bonchev–Trinajstić information content (AvgIpc) is 2.43. The highest BCUT2D eigenvalue weighted by Crippen LogP contribution is 2.44. The van der Waals surface area contributed by atoms with Crippen LogP contribution in [0.2, 0.25) is 0 Å². The Morgan fingerprint density at radius 3 is 3.00 bits per heavy atom. The molecule has 0 nitrogen and oxygen atoms in total. The second-order valence-electron chi connectivity index (χ2n) is 2.47. The van der Waals surface area contributed by atoms with Crippen molar-refractivity contribution in [3.63, 3.8) is 0 Å². The maximum atomic E-state index is 12.2. The van der Waals surface area contributed by atoms with E-state index in [9.17, 15) is 4.39 Å². The summed E-state index contributed by atoms with van der Waals surface area (Å²) >= 11 is 0. The van der Waals surface area contributed by atoms with Gasteiger partial charge in [-0.1, -0.05) is 6.08 Å². The minimum absolute atomic E-state index is 0.0521. The molecule has 0 aromatic heterocycles. The Bertz CT molecular complexity index is 167. The topological polar surface area (TPSA) is 0 Å². The summed E-state index contributed by atoms with van der Waals surface area (Å²) in [5.41, 5.74) is 0. The average molecular weight is 110 g/mol. The van der Waals surface area contributed by atoms with Gasteiger partial charge in [0.1, 0.15) is 5.83 Å². The van der Waals surface area contributed by atoms with E-state index in [1.807, 2.05) is 6.08 Å². The molecular weight excluding hydrogens is 103 g/mol. The van der Waals surface area contributed by atoms with Crippen LogP contribution in [0.25, 0.3) is 0 Å². The Balaban J connectivity index is 2.28. The van der Waals surface area contributed by atoms with Gasteiger partial charge < -0.3 is 0 Å². The highest BCUT2D eigenvalue weighted by molar-refractivity contribution is 5.25. The summed E-state index contributed by atoms with van der Waals surface area (Å²) < 4.78 is 12.2. The summed E-state index contributed by atoms with van der Waals surface area (Å²) in [6.45, 7) is 0. The van der Waals surface area contributed by atoms with Crippen molar-refractivity contribution >= 4 is 0 Å². The third-order valence-corrected chi connectivity index (χ3v) is 1.77. The molecule has 0 heterocycles. The largest absolute Gasteiger partial charge is 0.207 e. The van der Waals surface area contributed by atoms with Gasteiger partial charge in [0.05, 0.1) is 0 Å². The van der Waals surface area contributed by atoms with Crippen molar-refractivity contribution < 1.29 is 4.39 Å². The molecule has 42 valence electrons. The lowest BCUT2D eigenvalue weighted by atomic mass is 10.2. The summed E-state index contributed by atoms with van der Waals surface area (Å²) in [4.78, 5) is 0. The maximum absolute atomic E-state index is 12.2. The monoisotopic (exact) mass is 110 g/mol. The lowest BCUT2D eigenvalue weighted by molar-refractivity contribution is 0.649. The van der Waals surface area contributed by atoms with Gasteiger partial charge in [-0.15, -0.1) is 0 Å². The zero-order chi connectivity index (χ0) is 5.56. The number of halogens is 1. The lowest BCUT2D eigenvalue weighted by Crippen LogP contribution is -1.80. The Kier molecular flexibility index (Phi) is 0.655. The first-order valence-electron chi connectivity index (χ1n) is 2.92. The van der Waals surface area contributed by atoms with Crippen LogP contribution in [-0.4, -0.2) is 0 Å². The van der Waals surface area contributed by atoms with E-state index >= 15 is 0 Å². The molecule has 2 unspecified atom stereocenters. The minimum atomic E-state index is -0.0521. The summed E-state index contributed by atoms with van der Waals surface area (Å²) in [7, 11) is 0. The van der Waals surface area contributed by atoms with Crippen LogP contribution in [0.3, 0.4) is 0 Å². The summed E-state index contributed by atoms with van der Waals surface area (Å²) in [5, 5.41) is 0. The van der Waals surface area contributed by atoms with Gasteiger partial charge in [-0.05, 0) is 30.4 Å². The van der Waals surface area contributed by atoms with Crippen molar-refractivity contribution in [3.8, 4) is 0 Å². The first-order valence-corrected chi connectivity index (χ1v) is 2.92. The van der Waals surface area contributed by atoms with Crippen LogP contribution in [0.15, 0.2) is 24.1 Å². The molecule has 0 aliphatic heterocycles. The Morgan fingerprint density at radius 1 is 1.50 bits per heavy atom. The molecule has 0 aromatic rings. The van der Waals surface area contributed by atoms with Crippen molar-refractivity contribution in [3.05, 3.63) is 24.1 Å². The van der Waals surface area contributed by atoms with Crippen LogP contribution in [0, 0.1) is 11.8 Å². The van der Waals surface area contributed by atoms with E-state index in [0.29, 0.717) is 11.8 Å². The third kappa shape index (κ3) is 0.507. The number of hydrogen-bond donors (Lipinski definition) is 0. The number of allylic oxidation sites excluding steroid dienone is 4. The van der Waals surface area contributed by atoms with E-state index in [2.05, 4.69) is 0 Å². The van der Waals surface area contributed by atoms with E-state index in [4.69, 9.17) is 0 Å². The molecule has 2 rings (SSSR count). The van der Waals surface area contributed by atoms with Crippen LogP contribution in [0.1, 0.15) is 6.42 Å². The molecule has 1 heteroatoms. The SMILES string of the molecule is FC1=CC2CC2C=C1. The molecule has 0 bridgehead atoms. The lowest BCUT2D eigenvalue weighted by Gasteiger charge is -1.92. The first-order chi connectivity index (χ1) is 3.86. The van der Waals surface area contributed by atoms with Crippen molar-refractivity contribution in [2.24, 2.45) is 11.8 Å². The molecule has 2 aliphatic rings. The third-order valence-electron chi connectivity index (χ3n) is 1.77. The van der Waals surface area contributed by atoms with Crippen LogP contribution >= 0.6 is 0 Å². The molecule has 8 heavy (non-hydrogen) atoms. The van der Waals surface area contributed by atoms with Crippen molar-refractivity contribution in [2.45, 2.75) is 6.42 Å². The molecule has 1 fully saturated rings. The zero-order valence-corrected chi connectivity index (χ0v) is 4.47. The fraction of sp³-hybridized carbons (Fsp3) is 0.429. The molecule has 0 amide bonds. The van der Waals surface area contributed by atoms with E-state index in [0.717, 1.165) is 0 Å². The number of rotatable bonds is 0. The molecule has 0 saturated heterocycles. The fourth-order valence-electron chi connectivity index (χ4n) is 1.12. The second-order valence-corrected chi connectivity index (χ2v) is 2.47.